The van der Waals surface area contributed by atoms with Crippen LogP contribution in [0.15, 0.2) is 0 Å². The average molecular weight is 551 g/mol. The van der Waals surface area contributed by atoms with E-state index in [0.717, 1.165) is 12.2 Å². The standard InChI is InChI=1S/C20H30N4O10S2/c25-14(6-2-1-5-13-17-12(11-35-13)21-19(30)22-17)23(31)10-4-3-9-20(18(28)29,36(32,33)34)24-15(26)7-8-16(24)27/h12-13,17,31H,1-11H2,(H,28,29)(H2,21,22,30)(H,32,33,34)/t12-,13-,17-,20?/m0/s1. The van der Waals surface area contributed by atoms with Crippen molar-refractivity contribution in [1.29, 1.82) is 0 Å². The molecule has 3 heterocycles. The molecule has 1 unspecified atom stereocenters. The number of carboxylic acids is 1. The van der Waals surface area contributed by atoms with Crippen LogP contribution in [0.3, 0.4) is 0 Å². The van der Waals surface area contributed by atoms with Gasteiger partial charge in [0.15, 0.2) is 0 Å². The number of hydrogen-bond donors (Lipinski definition) is 5. The number of urea groups is 1. The number of nitrogens with zero attached hydrogens (tertiary/aromatic N) is 2. The molecule has 4 atom stereocenters. The first kappa shape index (κ1) is 28.1. The average Bonchev–Trinajstić information content (AvgIpc) is 3.44. The molecule has 14 nitrogen and oxygen atoms in total. The Hall–Kier alpha value is -2.43. The van der Waals surface area contributed by atoms with Crippen LogP contribution in [0.1, 0.15) is 57.8 Å². The molecule has 0 saturated carbocycles. The summed E-state index contributed by atoms with van der Waals surface area (Å²) in [4.78, 5) is 56.5. The van der Waals surface area contributed by atoms with E-state index in [1.807, 2.05) is 0 Å². The lowest BCUT2D eigenvalue weighted by Crippen LogP contribution is -2.61. The number of thioether (sulfide) groups is 1. The van der Waals surface area contributed by atoms with Gasteiger partial charge in [0.1, 0.15) is 0 Å². The van der Waals surface area contributed by atoms with Gasteiger partial charge in [-0.1, -0.05) is 6.42 Å². The second-order valence-corrected chi connectivity index (χ2v) is 11.9. The third-order valence-corrected chi connectivity index (χ3v) is 9.59. The van der Waals surface area contributed by atoms with Crippen LogP contribution in [0.2, 0.25) is 0 Å². The summed E-state index contributed by atoms with van der Waals surface area (Å²) in [7, 11) is -5.41. The van der Waals surface area contributed by atoms with Crippen molar-refractivity contribution in [2.45, 2.75) is 80.0 Å². The van der Waals surface area contributed by atoms with Gasteiger partial charge in [-0.2, -0.15) is 20.2 Å². The van der Waals surface area contributed by atoms with Gasteiger partial charge in [-0.25, -0.2) is 19.6 Å². The number of imide groups is 1. The van der Waals surface area contributed by atoms with Crippen molar-refractivity contribution in [3.05, 3.63) is 0 Å². The highest BCUT2D eigenvalue weighted by molar-refractivity contribution is 8.00. The lowest BCUT2D eigenvalue weighted by molar-refractivity contribution is -0.166. The van der Waals surface area contributed by atoms with Crippen molar-refractivity contribution in [2.24, 2.45) is 0 Å². The molecular weight excluding hydrogens is 520 g/mol. The maximum Gasteiger partial charge on any atom is 0.348 e. The van der Waals surface area contributed by atoms with Crippen LogP contribution in [-0.2, 0) is 29.3 Å². The van der Waals surface area contributed by atoms with Crippen molar-refractivity contribution in [3.8, 4) is 0 Å². The fourth-order valence-corrected chi connectivity index (χ4v) is 7.39. The van der Waals surface area contributed by atoms with Crippen LogP contribution in [0.25, 0.3) is 0 Å². The monoisotopic (exact) mass is 550 g/mol. The molecule has 3 fully saturated rings. The number of nitrogens with one attached hydrogen (secondary N) is 2. The third-order valence-electron chi connectivity index (χ3n) is 6.66. The molecule has 36 heavy (non-hydrogen) atoms. The minimum atomic E-state index is -5.41. The number of hydrogen-bond acceptors (Lipinski definition) is 9. The van der Waals surface area contributed by atoms with Crippen LogP contribution in [-0.4, -0.2) is 97.5 Å². The summed E-state index contributed by atoms with van der Waals surface area (Å²) >= 11 is 1.76. The molecule has 202 valence electrons. The van der Waals surface area contributed by atoms with Crippen LogP contribution in [0.5, 0.6) is 0 Å². The summed E-state index contributed by atoms with van der Waals surface area (Å²) in [6.07, 6.45) is 0.281. The summed E-state index contributed by atoms with van der Waals surface area (Å²) in [5.74, 6) is -3.83. The van der Waals surface area contributed by atoms with Gasteiger partial charge in [-0.3, -0.25) is 24.1 Å². The number of carboxylic acid groups (broad SMARTS) is 1. The van der Waals surface area contributed by atoms with E-state index in [1.54, 1.807) is 11.8 Å². The van der Waals surface area contributed by atoms with E-state index in [4.69, 9.17) is 0 Å². The molecule has 5 N–H and O–H groups in total. The van der Waals surface area contributed by atoms with Crippen LogP contribution >= 0.6 is 11.8 Å². The Bertz CT molecular complexity index is 1010. The van der Waals surface area contributed by atoms with Crippen molar-refractivity contribution in [3.63, 3.8) is 0 Å². The molecule has 3 rings (SSSR count). The van der Waals surface area contributed by atoms with Gasteiger partial charge in [0.25, 0.3) is 4.87 Å². The van der Waals surface area contributed by atoms with Crippen LogP contribution in [0, 0.1) is 0 Å². The van der Waals surface area contributed by atoms with Gasteiger partial charge in [-0.15, -0.1) is 0 Å². The Kier molecular flexibility index (Phi) is 8.84. The number of carbonyl (C=O) groups is 5. The van der Waals surface area contributed by atoms with E-state index >= 15 is 0 Å². The summed E-state index contributed by atoms with van der Waals surface area (Å²) in [6, 6.07) is 0.0148. The van der Waals surface area contributed by atoms with Crippen molar-refractivity contribution < 1.29 is 47.3 Å². The number of likely N-dealkylation sites (tertiary alicyclic amines) is 1. The summed E-state index contributed by atoms with van der Waals surface area (Å²) in [5.41, 5.74) is 0. The van der Waals surface area contributed by atoms with Gasteiger partial charge in [-0.05, 0) is 32.1 Å². The Morgan fingerprint density at radius 1 is 1.08 bits per heavy atom. The minimum Gasteiger partial charge on any atom is -0.479 e. The number of carbonyl (C=O) groups excluding carboxylic acids is 4. The maximum absolute atomic E-state index is 12.2. The molecule has 3 saturated heterocycles. The lowest BCUT2D eigenvalue weighted by atomic mass is 10.0. The molecule has 0 aliphatic carbocycles. The summed E-state index contributed by atoms with van der Waals surface area (Å²) in [6.45, 7) is -0.234. The predicted molar refractivity (Wildman–Crippen MR) is 124 cm³/mol. The Balaban J connectivity index is 1.43. The predicted octanol–water partition coefficient (Wildman–Crippen LogP) is -0.0820. The molecule has 0 aromatic rings. The fraction of sp³-hybridized carbons (Fsp3) is 0.750. The van der Waals surface area contributed by atoms with Gasteiger partial charge in [0.2, 0.25) is 17.7 Å². The van der Waals surface area contributed by atoms with Crippen molar-refractivity contribution in [2.75, 3.05) is 12.3 Å². The highest BCUT2D eigenvalue weighted by atomic mass is 32.2. The number of aliphatic carboxylic acids is 1. The molecule has 0 bridgehead atoms. The topological polar surface area (TPSA) is 211 Å². The highest BCUT2D eigenvalue weighted by Crippen LogP contribution is 2.34. The summed E-state index contributed by atoms with van der Waals surface area (Å²) < 4.78 is 33.7. The first-order valence-corrected chi connectivity index (χ1v) is 14.1. The van der Waals surface area contributed by atoms with E-state index in [2.05, 4.69) is 10.6 Å². The second kappa shape index (κ2) is 11.3. The normalized spacial score (nSPS) is 25.3. The Morgan fingerprint density at radius 2 is 1.75 bits per heavy atom. The Morgan fingerprint density at radius 3 is 2.36 bits per heavy atom. The van der Waals surface area contributed by atoms with Gasteiger partial charge in [0, 0.05) is 36.8 Å². The minimum absolute atomic E-state index is 0.0442. The van der Waals surface area contributed by atoms with Crippen LogP contribution in [0.4, 0.5) is 4.79 Å². The third kappa shape index (κ3) is 5.76. The zero-order valence-electron chi connectivity index (χ0n) is 19.4. The number of amides is 5. The van der Waals surface area contributed by atoms with Gasteiger partial charge < -0.3 is 15.7 Å². The maximum atomic E-state index is 12.2. The van der Waals surface area contributed by atoms with E-state index in [0.29, 0.717) is 17.9 Å². The molecular formula is C20H30N4O10S2. The first-order chi connectivity index (χ1) is 16.9. The van der Waals surface area contributed by atoms with Gasteiger partial charge >= 0.3 is 22.1 Å². The van der Waals surface area contributed by atoms with Gasteiger partial charge in [0.05, 0.1) is 12.1 Å². The van der Waals surface area contributed by atoms with E-state index in [-0.39, 0.29) is 66.9 Å². The number of unbranched alkanes of at least 4 members (excludes halogenated alkanes) is 2. The first-order valence-electron chi connectivity index (χ1n) is 11.6. The second-order valence-electron chi connectivity index (χ2n) is 9.03. The molecule has 0 spiro atoms. The summed E-state index contributed by atoms with van der Waals surface area (Å²) in [5, 5.41) is 26.1. The smallest absolute Gasteiger partial charge is 0.348 e. The van der Waals surface area contributed by atoms with Crippen LogP contribution < -0.4 is 10.6 Å². The number of fused-ring (bicyclic) bond motifs is 1. The quantitative estimate of drug-likeness (QED) is 0.0511. The molecule has 3 aliphatic rings. The lowest BCUT2D eigenvalue weighted by Gasteiger charge is -2.33. The molecule has 3 aliphatic heterocycles. The zero-order valence-corrected chi connectivity index (χ0v) is 21.1. The molecule has 0 radical (unpaired) electrons. The molecule has 5 amide bonds. The largest absolute Gasteiger partial charge is 0.479 e. The molecule has 16 heteroatoms. The highest BCUT2D eigenvalue weighted by Gasteiger charge is 2.60. The Labute approximate surface area is 211 Å². The molecule has 0 aromatic heterocycles. The van der Waals surface area contributed by atoms with E-state index in [9.17, 15) is 47.3 Å². The van der Waals surface area contributed by atoms with E-state index < -0.39 is 45.1 Å². The number of rotatable bonds is 13. The fourth-order valence-electron chi connectivity index (χ4n) is 4.79. The number of hydroxylamine groups is 2. The van der Waals surface area contributed by atoms with E-state index in [1.165, 1.54) is 0 Å². The SMILES string of the molecule is O=C1N[C@H]2[C@H](CS[C@H]2CCCCC(=O)N(O)CCCCC(C(=O)O)(N2C(=O)CCC2=O)S(=O)(=O)O)N1. The van der Waals surface area contributed by atoms with Crippen molar-refractivity contribution in [1.82, 2.24) is 20.6 Å². The zero-order chi connectivity index (χ0) is 26.7. The molecule has 0 aromatic carbocycles. The van der Waals surface area contributed by atoms with Crippen molar-refractivity contribution >= 4 is 51.6 Å².